The highest BCUT2D eigenvalue weighted by Gasteiger charge is 2.28. The Morgan fingerprint density at radius 2 is 1.69 bits per heavy atom. The molecule has 2 aromatic carbocycles. The van der Waals surface area contributed by atoms with Crippen LogP contribution in [0.25, 0.3) is 34.0 Å². The third-order valence-corrected chi connectivity index (χ3v) is 5.91. The molecule has 0 aliphatic carbocycles. The summed E-state index contributed by atoms with van der Waals surface area (Å²) in [5.74, 6) is 1.97. The lowest BCUT2D eigenvalue weighted by atomic mass is 10.0. The molecule has 5 nitrogen and oxygen atoms in total. The van der Waals surface area contributed by atoms with Crippen molar-refractivity contribution in [3.8, 4) is 34.0 Å². The molecular weight excluding hydrogens is 403 g/mol. The van der Waals surface area contributed by atoms with Crippen molar-refractivity contribution in [1.82, 2.24) is 15.2 Å². The average molecular weight is 429 g/mol. The second-order valence-electron chi connectivity index (χ2n) is 8.44. The maximum absolute atomic E-state index is 14.0. The fourth-order valence-electron chi connectivity index (χ4n) is 4.12. The van der Waals surface area contributed by atoms with Crippen molar-refractivity contribution >= 4 is 5.82 Å². The predicted octanol–water partition coefficient (Wildman–Crippen LogP) is 6.14. The van der Waals surface area contributed by atoms with Gasteiger partial charge in [-0.05, 0) is 47.2 Å². The van der Waals surface area contributed by atoms with Crippen molar-refractivity contribution < 1.29 is 8.81 Å². The zero-order valence-corrected chi connectivity index (χ0v) is 18.2. The quantitative estimate of drug-likeness (QED) is 0.382. The van der Waals surface area contributed by atoms with Crippen LogP contribution in [-0.4, -0.2) is 34.4 Å². The molecule has 2 aromatic heterocycles. The molecular formula is C26H25FN4O. The summed E-state index contributed by atoms with van der Waals surface area (Å²) in [7, 11) is 0. The Bertz CT molecular complexity index is 1200. The van der Waals surface area contributed by atoms with E-state index in [1.54, 1.807) is 6.20 Å². The second-order valence-corrected chi connectivity index (χ2v) is 8.44. The smallest absolute Gasteiger partial charge is 0.252 e. The van der Waals surface area contributed by atoms with Gasteiger partial charge in [-0.1, -0.05) is 56.3 Å². The van der Waals surface area contributed by atoms with Gasteiger partial charge >= 0.3 is 0 Å². The first kappa shape index (κ1) is 20.4. The molecule has 0 amide bonds. The summed E-state index contributed by atoms with van der Waals surface area (Å²) in [5, 5.41) is 8.70. The van der Waals surface area contributed by atoms with Gasteiger partial charge in [0.05, 0.1) is 12.1 Å². The Balaban J connectivity index is 1.60. The molecule has 1 aliphatic rings. The van der Waals surface area contributed by atoms with Gasteiger partial charge in [-0.15, -0.1) is 10.2 Å². The van der Waals surface area contributed by atoms with Crippen LogP contribution >= 0.6 is 0 Å². The van der Waals surface area contributed by atoms with Gasteiger partial charge in [0.1, 0.15) is 12.0 Å². The Kier molecular flexibility index (Phi) is 5.43. The van der Waals surface area contributed by atoms with E-state index in [0.29, 0.717) is 43.0 Å². The molecule has 5 rings (SSSR count). The number of halogens is 1. The molecule has 32 heavy (non-hydrogen) atoms. The lowest BCUT2D eigenvalue weighted by molar-refractivity contribution is 0.364. The molecule has 6 heteroatoms. The number of alkyl halides is 1. The molecule has 0 radical (unpaired) electrons. The maximum Gasteiger partial charge on any atom is 0.252 e. The number of hydrogen-bond acceptors (Lipinski definition) is 5. The number of hydrogen-bond donors (Lipinski definition) is 0. The van der Waals surface area contributed by atoms with Gasteiger partial charge in [-0.3, -0.25) is 0 Å². The van der Waals surface area contributed by atoms with E-state index in [1.165, 1.54) is 5.56 Å². The van der Waals surface area contributed by atoms with E-state index in [1.807, 2.05) is 53.4 Å². The van der Waals surface area contributed by atoms with Gasteiger partial charge in [-0.2, -0.15) is 0 Å². The van der Waals surface area contributed by atoms with Crippen molar-refractivity contribution in [3.63, 3.8) is 0 Å². The molecule has 3 heterocycles. The van der Waals surface area contributed by atoms with E-state index < -0.39 is 6.17 Å². The summed E-state index contributed by atoms with van der Waals surface area (Å²) in [6.45, 7) is 5.25. The SMILES string of the molecule is CC(C)c1ccc(-c2nnc(-c3c(-c4ccccc4)ccnc3N3CCC(F)C3)o2)cc1. The van der Waals surface area contributed by atoms with Crippen LogP contribution in [0, 0.1) is 0 Å². The largest absolute Gasteiger partial charge is 0.416 e. The van der Waals surface area contributed by atoms with Gasteiger partial charge in [0.15, 0.2) is 0 Å². The molecule has 0 saturated carbocycles. The first-order chi connectivity index (χ1) is 15.6. The normalized spacial score (nSPS) is 16.1. The minimum Gasteiger partial charge on any atom is -0.416 e. The zero-order valence-electron chi connectivity index (χ0n) is 18.2. The van der Waals surface area contributed by atoms with Crippen LogP contribution in [0.1, 0.15) is 31.7 Å². The Morgan fingerprint density at radius 1 is 0.938 bits per heavy atom. The topological polar surface area (TPSA) is 55.1 Å². The van der Waals surface area contributed by atoms with E-state index in [2.05, 4.69) is 41.2 Å². The second kappa shape index (κ2) is 8.54. The molecule has 0 spiro atoms. The van der Waals surface area contributed by atoms with Crippen molar-refractivity contribution in [3.05, 3.63) is 72.4 Å². The number of benzene rings is 2. The van der Waals surface area contributed by atoms with Crippen LogP contribution in [0.3, 0.4) is 0 Å². The summed E-state index contributed by atoms with van der Waals surface area (Å²) in [6, 6.07) is 20.1. The molecule has 1 atom stereocenters. The zero-order chi connectivity index (χ0) is 22.1. The molecule has 0 N–H and O–H groups in total. The standard InChI is InChI=1S/C26H25FN4O/c1-17(2)18-8-10-20(11-9-18)25-29-30-26(32-25)23-22(19-6-4-3-5-7-19)12-14-28-24(23)31-15-13-21(27)16-31/h3-12,14,17,21H,13,15-16H2,1-2H3. The van der Waals surface area contributed by atoms with Gasteiger partial charge in [0.2, 0.25) is 5.89 Å². The highest BCUT2D eigenvalue weighted by atomic mass is 19.1. The van der Waals surface area contributed by atoms with Gasteiger partial charge in [0, 0.05) is 18.3 Å². The highest BCUT2D eigenvalue weighted by molar-refractivity contribution is 5.87. The molecule has 162 valence electrons. The fourth-order valence-corrected chi connectivity index (χ4v) is 4.12. The average Bonchev–Trinajstić information content (AvgIpc) is 3.48. The molecule has 1 aliphatic heterocycles. The summed E-state index contributed by atoms with van der Waals surface area (Å²) in [5.41, 5.74) is 4.81. The lowest BCUT2D eigenvalue weighted by Gasteiger charge is -2.20. The minimum absolute atomic E-state index is 0.315. The summed E-state index contributed by atoms with van der Waals surface area (Å²) in [4.78, 5) is 6.57. The van der Waals surface area contributed by atoms with Crippen molar-refractivity contribution in [1.29, 1.82) is 0 Å². The van der Waals surface area contributed by atoms with E-state index in [-0.39, 0.29) is 0 Å². The van der Waals surface area contributed by atoms with Crippen LogP contribution in [0.4, 0.5) is 10.2 Å². The number of nitrogens with zero attached hydrogens (tertiary/aromatic N) is 4. The summed E-state index contributed by atoms with van der Waals surface area (Å²) < 4.78 is 20.2. The Hall–Kier alpha value is -3.54. The van der Waals surface area contributed by atoms with Gasteiger partial charge < -0.3 is 9.32 Å². The maximum atomic E-state index is 14.0. The van der Waals surface area contributed by atoms with Crippen LogP contribution < -0.4 is 4.90 Å². The third kappa shape index (κ3) is 3.88. The number of aromatic nitrogens is 3. The van der Waals surface area contributed by atoms with Gasteiger partial charge in [0.25, 0.3) is 5.89 Å². The monoisotopic (exact) mass is 428 g/mol. The van der Waals surface area contributed by atoms with Crippen LogP contribution in [0.15, 0.2) is 71.3 Å². The molecule has 1 fully saturated rings. The lowest BCUT2D eigenvalue weighted by Crippen LogP contribution is -2.22. The molecule has 1 unspecified atom stereocenters. The Morgan fingerprint density at radius 3 is 2.38 bits per heavy atom. The van der Waals surface area contributed by atoms with E-state index in [0.717, 1.165) is 22.3 Å². The van der Waals surface area contributed by atoms with Gasteiger partial charge in [-0.25, -0.2) is 9.37 Å². The highest BCUT2D eigenvalue weighted by Crippen LogP contribution is 2.39. The molecule has 1 saturated heterocycles. The van der Waals surface area contributed by atoms with Crippen molar-refractivity contribution in [2.45, 2.75) is 32.4 Å². The van der Waals surface area contributed by atoms with Crippen LogP contribution in [0.5, 0.6) is 0 Å². The van der Waals surface area contributed by atoms with Crippen molar-refractivity contribution in [2.24, 2.45) is 0 Å². The third-order valence-electron chi connectivity index (χ3n) is 5.91. The number of pyridine rings is 1. The Labute approximate surface area is 186 Å². The van der Waals surface area contributed by atoms with E-state index in [9.17, 15) is 4.39 Å². The minimum atomic E-state index is -0.859. The van der Waals surface area contributed by atoms with E-state index in [4.69, 9.17) is 4.42 Å². The fraction of sp³-hybridized carbons (Fsp3) is 0.269. The number of rotatable bonds is 5. The summed E-state index contributed by atoms with van der Waals surface area (Å²) >= 11 is 0. The summed E-state index contributed by atoms with van der Waals surface area (Å²) in [6.07, 6.45) is 1.39. The first-order valence-electron chi connectivity index (χ1n) is 11.0. The molecule has 0 bridgehead atoms. The van der Waals surface area contributed by atoms with Crippen molar-refractivity contribution in [2.75, 3.05) is 18.0 Å². The van der Waals surface area contributed by atoms with Crippen LogP contribution in [-0.2, 0) is 0 Å². The molecule has 4 aromatic rings. The van der Waals surface area contributed by atoms with E-state index >= 15 is 0 Å². The first-order valence-corrected chi connectivity index (χ1v) is 11.0. The number of anilines is 1. The van der Waals surface area contributed by atoms with Crippen LogP contribution in [0.2, 0.25) is 0 Å². The predicted molar refractivity (Wildman–Crippen MR) is 124 cm³/mol.